The minimum atomic E-state index is 0.636. The summed E-state index contributed by atoms with van der Waals surface area (Å²) in [6, 6.07) is 10.0. The van der Waals surface area contributed by atoms with Crippen LogP contribution in [0.2, 0.25) is 0 Å². The topological polar surface area (TPSA) is 9.23 Å². The van der Waals surface area contributed by atoms with Crippen LogP contribution in [0.4, 0.5) is 0 Å². The van der Waals surface area contributed by atoms with Crippen LogP contribution in [-0.4, -0.2) is 16.5 Å². The lowest BCUT2D eigenvalue weighted by Gasteiger charge is -2.05. The zero-order chi connectivity index (χ0) is 11.1. The van der Waals surface area contributed by atoms with Gasteiger partial charge in [0.25, 0.3) is 0 Å². The van der Waals surface area contributed by atoms with Crippen molar-refractivity contribution in [3.8, 4) is 0 Å². The van der Waals surface area contributed by atoms with Crippen LogP contribution in [0, 0.1) is 0 Å². The molecule has 0 N–H and O–H groups in total. The molecular formula is C12H14OS2. The van der Waals surface area contributed by atoms with Gasteiger partial charge in [0.1, 0.15) is 0 Å². The number of hydrogen-bond donors (Lipinski definition) is 0. The maximum absolute atomic E-state index is 5.31. The van der Waals surface area contributed by atoms with Gasteiger partial charge in [-0.25, -0.2) is 0 Å². The molecule has 0 aliphatic carbocycles. The molecule has 0 saturated heterocycles. The molecule has 1 aromatic rings. The van der Waals surface area contributed by atoms with E-state index in [0.29, 0.717) is 11.7 Å². The predicted octanol–water partition coefficient (Wildman–Crippen LogP) is 3.55. The lowest BCUT2D eigenvalue weighted by atomic mass is 10.1. The second-order valence-electron chi connectivity index (χ2n) is 3.09. The van der Waals surface area contributed by atoms with Crippen molar-refractivity contribution >= 4 is 34.4 Å². The van der Waals surface area contributed by atoms with Crippen LogP contribution < -0.4 is 0 Å². The van der Waals surface area contributed by atoms with Gasteiger partial charge in [-0.05, 0) is 31.1 Å². The van der Waals surface area contributed by atoms with E-state index in [-0.39, 0.29) is 0 Å². The molecule has 0 heterocycles. The van der Waals surface area contributed by atoms with Crippen LogP contribution in [-0.2, 0) is 4.74 Å². The van der Waals surface area contributed by atoms with Crippen LogP contribution in [0.1, 0.15) is 25.3 Å². The Morgan fingerprint density at radius 3 is 2.40 bits per heavy atom. The average molecular weight is 238 g/mol. The van der Waals surface area contributed by atoms with E-state index in [1.807, 2.05) is 37.3 Å². The molecule has 0 bridgehead atoms. The van der Waals surface area contributed by atoms with Crippen molar-refractivity contribution < 1.29 is 4.74 Å². The molecule has 0 unspecified atom stereocenters. The Kier molecular flexibility index (Phi) is 5.43. The van der Waals surface area contributed by atoms with Crippen molar-refractivity contribution in [2.75, 3.05) is 6.61 Å². The first-order valence-corrected chi connectivity index (χ1v) is 5.79. The van der Waals surface area contributed by atoms with Crippen LogP contribution in [0.15, 0.2) is 30.3 Å². The van der Waals surface area contributed by atoms with E-state index in [2.05, 4.69) is 0 Å². The molecule has 0 aliphatic rings. The summed E-state index contributed by atoms with van der Waals surface area (Å²) in [5.74, 6) is 0. The van der Waals surface area contributed by atoms with Crippen LogP contribution in [0.5, 0.6) is 0 Å². The number of thiocarbonyl (C=S) groups is 2. The fourth-order valence-electron chi connectivity index (χ4n) is 1.22. The molecule has 0 amide bonds. The molecule has 1 aromatic carbocycles. The highest BCUT2D eigenvalue weighted by Crippen LogP contribution is 2.07. The van der Waals surface area contributed by atoms with Crippen molar-refractivity contribution in [2.45, 2.75) is 19.8 Å². The molecule has 80 valence electrons. The molecule has 3 heteroatoms. The highest BCUT2D eigenvalue weighted by atomic mass is 32.1. The van der Waals surface area contributed by atoms with E-state index in [9.17, 15) is 0 Å². The van der Waals surface area contributed by atoms with Gasteiger partial charge < -0.3 is 4.74 Å². The summed E-state index contributed by atoms with van der Waals surface area (Å²) in [5, 5.41) is 0.649. The maximum Gasteiger partial charge on any atom is 0.160 e. The van der Waals surface area contributed by atoms with Crippen molar-refractivity contribution in [2.24, 2.45) is 0 Å². The molecule has 0 radical (unpaired) electrons. The predicted molar refractivity (Wildman–Crippen MR) is 71.6 cm³/mol. The Labute approximate surface area is 101 Å². The summed E-state index contributed by atoms with van der Waals surface area (Å²) >= 11 is 10.3. The van der Waals surface area contributed by atoms with Gasteiger partial charge in [0, 0.05) is 11.3 Å². The Bertz CT molecular complexity index is 333. The monoisotopic (exact) mass is 238 g/mol. The highest BCUT2D eigenvalue weighted by Gasteiger charge is 2.03. The van der Waals surface area contributed by atoms with Gasteiger partial charge in [-0.2, -0.15) is 0 Å². The first-order chi connectivity index (χ1) is 7.24. The first kappa shape index (κ1) is 12.3. The lowest BCUT2D eigenvalue weighted by molar-refractivity contribution is 0.328. The van der Waals surface area contributed by atoms with Crippen molar-refractivity contribution in [1.82, 2.24) is 0 Å². The first-order valence-electron chi connectivity index (χ1n) is 4.98. The number of rotatable bonds is 5. The fraction of sp³-hybridized carbons (Fsp3) is 0.333. The van der Waals surface area contributed by atoms with Gasteiger partial charge in [0.15, 0.2) is 5.05 Å². The van der Waals surface area contributed by atoms with E-state index >= 15 is 0 Å². The van der Waals surface area contributed by atoms with E-state index < -0.39 is 0 Å². The summed E-state index contributed by atoms with van der Waals surface area (Å²) in [5.41, 5.74) is 1.10. The number of benzene rings is 1. The minimum absolute atomic E-state index is 0.636. The fourth-order valence-corrected chi connectivity index (χ4v) is 1.68. The van der Waals surface area contributed by atoms with Crippen LogP contribution in [0.3, 0.4) is 0 Å². The number of hydrogen-bond acceptors (Lipinski definition) is 3. The Morgan fingerprint density at radius 1 is 1.13 bits per heavy atom. The maximum atomic E-state index is 5.31. The Morgan fingerprint density at radius 2 is 1.80 bits per heavy atom. The van der Waals surface area contributed by atoms with Crippen LogP contribution in [0.25, 0.3) is 0 Å². The third-order valence-corrected chi connectivity index (χ3v) is 2.72. The minimum Gasteiger partial charge on any atom is -0.487 e. The van der Waals surface area contributed by atoms with Gasteiger partial charge in [0.2, 0.25) is 0 Å². The summed E-state index contributed by atoms with van der Waals surface area (Å²) < 4.78 is 5.20. The SMILES string of the molecule is CCOC(=S)CCC(=S)c1ccccc1. The largest absolute Gasteiger partial charge is 0.487 e. The standard InChI is InChI=1S/C12H14OS2/c1-2-13-12(15)9-8-11(14)10-6-4-3-5-7-10/h3-7H,2,8-9H2,1H3. The summed E-state index contributed by atoms with van der Waals surface area (Å²) in [4.78, 5) is 0.942. The molecule has 0 spiro atoms. The molecule has 15 heavy (non-hydrogen) atoms. The third-order valence-electron chi connectivity index (χ3n) is 1.96. The molecule has 0 fully saturated rings. The molecule has 1 rings (SSSR count). The van der Waals surface area contributed by atoms with Crippen LogP contribution >= 0.6 is 24.4 Å². The number of ether oxygens (including phenoxy) is 1. The quantitative estimate of drug-likeness (QED) is 0.573. The summed E-state index contributed by atoms with van der Waals surface area (Å²) in [6.45, 7) is 2.57. The molecule has 1 nitrogen and oxygen atoms in total. The lowest BCUT2D eigenvalue weighted by Crippen LogP contribution is -2.05. The molecular weight excluding hydrogens is 224 g/mol. The molecule has 0 saturated carbocycles. The van der Waals surface area contributed by atoms with Crippen molar-refractivity contribution in [3.05, 3.63) is 35.9 Å². The van der Waals surface area contributed by atoms with Gasteiger partial charge in [-0.1, -0.05) is 42.5 Å². The van der Waals surface area contributed by atoms with E-state index in [0.717, 1.165) is 23.3 Å². The Balaban J connectivity index is 2.40. The van der Waals surface area contributed by atoms with Gasteiger partial charge >= 0.3 is 0 Å². The van der Waals surface area contributed by atoms with Gasteiger partial charge in [0.05, 0.1) is 6.61 Å². The second-order valence-corrected chi connectivity index (χ2v) is 4.04. The molecule has 0 aliphatic heterocycles. The Hall–Kier alpha value is -0.800. The van der Waals surface area contributed by atoms with E-state index in [4.69, 9.17) is 29.2 Å². The zero-order valence-electron chi connectivity index (χ0n) is 8.73. The third kappa shape index (κ3) is 4.49. The summed E-state index contributed by atoms with van der Waals surface area (Å²) in [7, 11) is 0. The smallest absolute Gasteiger partial charge is 0.160 e. The zero-order valence-corrected chi connectivity index (χ0v) is 10.4. The van der Waals surface area contributed by atoms with E-state index in [1.165, 1.54) is 0 Å². The molecule has 0 atom stereocenters. The van der Waals surface area contributed by atoms with Crippen molar-refractivity contribution in [1.29, 1.82) is 0 Å². The highest BCUT2D eigenvalue weighted by molar-refractivity contribution is 7.81. The average Bonchev–Trinajstić information content (AvgIpc) is 2.27. The van der Waals surface area contributed by atoms with Gasteiger partial charge in [-0.15, -0.1) is 0 Å². The van der Waals surface area contributed by atoms with E-state index in [1.54, 1.807) is 0 Å². The second kappa shape index (κ2) is 6.64. The normalized spacial score (nSPS) is 9.67. The van der Waals surface area contributed by atoms with Crippen molar-refractivity contribution in [3.63, 3.8) is 0 Å². The van der Waals surface area contributed by atoms with Gasteiger partial charge in [-0.3, -0.25) is 0 Å². The summed E-state index contributed by atoms with van der Waals surface area (Å²) in [6.07, 6.45) is 1.52. The molecule has 0 aromatic heterocycles.